The third-order valence-corrected chi connectivity index (χ3v) is 5.41. The van der Waals surface area contributed by atoms with Crippen LogP contribution in [0, 0.1) is 10.1 Å². The molecule has 8 nitrogen and oxygen atoms in total. The van der Waals surface area contributed by atoms with Crippen LogP contribution in [0.25, 0.3) is 0 Å². The molecule has 3 rings (SSSR count). The Morgan fingerprint density at radius 2 is 1.85 bits per heavy atom. The van der Waals surface area contributed by atoms with Gasteiger partial charge in [0.05, 0.1) is 4.92 Å². The number of nitro benzene ring substituents is 1. The monoisotopic (exact) mass is 375 g/mol. The number of anilines is 1. The summed E-state index contributed by atoms with van der Waals surface area (Å²) in [6.45, 7) is 7.49. The Balaban J connectivity index is 1.52. The number of hydrogen-bond donors (Lipinski definition) is 1. The van der Waals surface area contributed by atoms with Crippen molar-refractivity contribution in [2.24, 2.45) is 0 Å². The van der Waals surface area contributed by atoms with E-state index in [0.717, 1.165) is 65.1 Å². The summed E-state index contributed by atoms with van der Waals surface area (Å²) in [5, 5.41) is 14.3. The van der Waals surface area contributed by atoms with E-state index in [0.29, 0.717) is 17.8 Å². The van der Waals surface area contributed by atoms with E-state index in [9.17, 15) is 14.9 Å². The molecule has 1 N–H and O–H groups in total. The molecule has 2 fully saturated rings. The van der Waals surface area contributed by atoms with Crippen molar-refractivity contribution in [1.29, 1.82) is 0 Å². The van der Waals surface area contributed by atoms with Gasteiger partial charge in [-0.1, -0.05) is 0 Å². The summed E-state index contributed by atoms with van der Waals surface area (Å²) in [4.78, 5) is 30.2. The highest BCUT2D eigenvalue weighted by Gasteiger charge is 2.23. The number of amides is 1. The summed E-state index contributed by atoms with van der Waals surface area (Å²) in [6.07, 6.45) is 2.98. The molecule has 0 bridgehead atoms. The lowest BCUT2D eigenvalue weighted by molar-refractivity contribution is -0.384. The molecule has 1 aromatic rings. The maximum Gasteiger partial charge on any atom is 0.293 e. The van der Waals surface area contributed by atoms with Crippen molar-refractivity contribution < 1.29 is 9.72 Å². The van der Waals surface area contributed by atoms with E-state index in [1.807, 2.05) is 4.90 Å². The second-order valence-electron chi connectivity index (χ2n) is 7.41. The molecule has 2 saturated heterocycles. The van der Waals surface area contributed by atoms with Gasteiger partial charge >= 0.3 is 0 Å². The van der Waals surface area contributed by atoms with E-state index >= 15 is 0 Å². The second kappa shape index (κ2) is 9.14. The average molecular weight is 375 g/mol. The van der Waals surface area contributed by atoms with Crippen molar-refractivity contribution >= 4 is 17.3 Å². The van der Waals surface area contributed by atoms with Crippen LogP contribution in [0.15, 0.2) is 18.2 Å². The predicted molar refractivity (Wildman–Crippen MR) is 105 cm³/mol. The fourth-order valence-electron chi connectivity index (χ4n) is 3.71. The molecule has 27 heavy (non-hydrogen) atoms. The topological polar surface area (TPSA) is 82.0 Å². The van der Waals surface area contributed by atoms with Gasteiger partial charge in [-0.2, -0.15) is 0 Å². The molecule has 148 valence electrons. The Labute approximate surface area is 160 Å². The molecule has 2 aliphatic heterocycles. The Morgan fingerprint density at radius 1 is 1.15 bits per heavy atom. The van der Waals surface area contributed by atoms with Crippen LogP contribution in [0.1, 0.15) is 29.6 Å². The summed E-state index contributed by atoms with van der Waals surface area (Å²) in [7, 11) is 2.13. The lowest BCUT2D eigenvalue weighted by Gasteiger charge is -2.32. The van der Waals surface area contributed by atoms with Crippen molar-refractivity contribution in [2.75, 3.05) is 64.3 Å². The number of hydrogen-bond acceptors (Lipinski definition) is 6. The van der Waals surface area contributed by atoms with E-state index in [2.05, 4.69) is 22.2 Å². The van der Waals surface area contributed by atoms with Gasteiger partial charge in [0, 0.05) is 57.4 Å². The van der Waals surface area contributed by atoms with E-state index in [1.54, 1.807) is 12.1 Å². The number of nitro groups is 1. The second-order valence-corrected chi connectivity index (χ2v) is 7.41. The van der Waals surface area contributed by atoms with Crippen LogP contribution in [0.3, 0.4) is 0 Å². The van der Waals surface area contributed by atoms with Gasteiger partial charge in [0.25, 0.3) is 11.6 Å². The van der Waals surface area contributed by atoms with Crippen molar-refractivity contribution in [3.8, 4) is 0 Å². The molecule has 0 spiro atoms. The van der Waals surface area contributed by atoms with Crippen LogP contribution in [-0.4, -0.2) is 80.0 Å². The van der Waals surface area contributed by atoms with E-state index < -0.39 is 4.92 Å². The summed E-state index contributed by atoms with van der Waals surface area (Å²) < 4.78 is 0. The van der Waals surface area contributed by atoms with E-state index in [4.69, 9.17) is 0 Å². The molecule has 2 aliphatic rings. The number of carbonyl (C=O) groups is 1. The molecule has 0 radical (unpaired) electrons. The molecule has 1 amide bonds. The third kappa shape index (κ3) is 5.17. The van der Waals surface area contributed by atoms with Crippen LogP contribution < -0.4 is 10.2 Å². The maximum atomic E-state index is 12.4. The Morgan fingerprint density at radius 3 is 2.52 bits per heavy atom. The number of likely N-dealkylation sites (N-methyl/N-ethyl adjacent to an activating group) is 1. The van der Waals surface area contributed by atoms with E-state index in [1.165, 1.54) is 6.07 Å². The first kappa shape index (κ1) is 19.6. The largest absolute Gasteiger partial charge is 0.366 e. The number of nitrogens with one attached hydrogen (secondary N) is 1. The predicted octanol–water partition coefficient (Wildman–Crippen LogP) is 1.56. The van der Waals surface area contributed by atoms with Gasteiger partial charge in [0.1, 0.15) is 5.69 Å². The van der Waals surface area contributed by atoms with Crippen LogP contribution >= 0.6 is 0 Å². The lowest BCUT2D eigenvalue weighted by atomic mass is 10.1. The first-order chi connectivity index (χ1) is 13.0. The molecule has 2 heterocycles. The third-order valence-electron chi connectivity index (χ3n) is 5.41. The fraction of sp³-hybridized carbons (Fsp3) is 0.632. The smallest absolute Gasteiger partial charge is 0.293 e. The van der Waals surface area contributed by atoms with Crippen LogP contribution in [0.5, 0.6) is 0 Å². The summed E-state index contributed by atoms with van der Waals surface area (Å²) >= 11 is 0. The van der Waals surface area contributed by atoms with Crippen molar-refractivity contribution in [3.63, 3.8) is 0 Å². The first-order valence-electron chi connectivity index (χ1n) is 9.77. The number of carbonyl (C=O) groups excluding carboxylic acids is 1. The molecule has 0 atom stereocenters. The van der Waals surface area contributed by atoms with Crippen molar-refractivity contribution in [2.45, 2.75) is 19.3 Å². The van der Waals surface area contributed by atoms with Gasteiger partial charge in [-0.3, -0.25) is 14.9 Å². The lowest BCUT2D eigenvalue weighted by Crippen LogP contribution is -2.45. The van der Waals surface area contributed by atoms with Gasteiger partial charge in [-0.15, -0.1) is 0 Å². The van der Waals surface area contributed by atoms with Gasteiger partial charge in [-0.25, -0.2) is 0 Å². The highest BCUT2D eigenvalue weighted by atomic mass is 16.6. The van der Waals surface area contributed by atoms with Gasteiger partial charge in [0.15, 0.2) is 0 Å². The SMILES string of the molecule is CN1CCN(CCCNC(=O)c2ccc(N3CCCC3)c([N+](=O)[O-])c2)CC1. The first-order valence-corrected chi connectivity index (χ1v) is 9.77. The Kier molecular flexibility index (Phi) is 6.63. The Bertz CT molecular complexity index is 667. The maximum absolute atomic E-state index is 12.4. The number of rotatable bonds is 7. The standard InChI is InChI=1S/C19H29N5O3/c1-21-11-13-22(14-12-21)8-4-7-20-19(25)16-5-6-17(18(15-16)24(26)27)23-9-2-3-10-23/h5-6,15H,2-4,7-14H2,1H3,(H,20,25). The average Bonchev–Trinajstić information content (AvgIpc) is 3.20. The summed E-state index contributed by atoms with van der Waals surface area (Å²) in [5.41, 5.74) is 0.982. The molecule has 0 unspecified atom stereocenters. The molecule has 0 saturated carbocycles. The number of benzene rings is 1. The fourth-order valence-corrected chi connectivity index (χ4v) is 3.71. The highest BCUT2D eigenvalue weighted by Crippen LogP contribution is 2.31. The Hall–Kier alpha value is -2.19. The minimum Gasteiger partial charge on any atom is -0.366 e. The van der Waals surface area contributed by atoms with Crippen LogP contribution in [0.2, 0.25) is 0 Å². The molecule has 1 aromatic carbocycles. The number of nitrogens with zero attached hydrogens (tertiary/aromatic N) is 4. The molecular weight excluding hydrogens is 346 g/mol. The quantitative estimate of drug-likeness (QED) is 0.442. The minimum atomic E-state index is -0.391. The molecule has 0 aromatic heterocycles. The molecular formula is C19H29N5O3. The van der Waals surface area contributed by atoms with Crippen LogP contribution in [-0.2, 0) is 0 Å². The normalized spacial score (nSPS) is 18.6. The molecule has 0 aliphatic carbocycles. The van der Waals surface area contributed by atoms with Gasteiger partial charge in [0.2, 0.25) is 0 Å². The van der Waals surface area contributed by atoms with Crippen molar-refractivity contribution in [3.05, 3.63) is 33.9 Å². The van der Waals surface area contributed by atoms with Crippen LogP contribution in [0.4, 0.5) is 11.4 Å². The zero-order valence-electron chi connectivity index (χ0n) is 16.0. The van der Waals surface area contributed by atoms with E-state index in [-0.39, 0.29) is 11.6 Å². The zero-order valence-corrected chi connectivity index (χ0v) is 16.0. The molecule has 8 heteroatoms. The van der Waals surface area contributed by atoms with Gasteiger partial charge < -0.3 is 20.0 Å². The summed E-state index contributed by atoms with van der Waals surface area (Å²) in [6, 6.07) is 4.81. The minimum absolute atomic E-state index is 0.0157. The van der Waals surface area contributed by atoms with Crippen molar-refractivity contribution in [1.82, 2.24) is 15.1 Å². The number of piperazine rings is 1. The zero-order chi connectivity index (χ0) is 19.2. The highest BCUT2D eigenvalue weighted by molar-refractivity contribution is 5.95. The van der Waals surface area contributed by atoms with Gasteiger partial charge in [-0.05, 0) is 45.0 Å². The summed E-state index contributed by atoms with van der Waals surface area (Å²) in [5.74, 6) is -0.246.